The number of amides is 1. The molecule has 110 valence electrons. The van der Waals surface area contributed by atoms with Crippen LogP contribution in [0.15, 0.2) is 29.2 Å². The molecular weight excluding hydrogens is 268 g/mol. The van der Waals surface area contributed by atoms with Crippen molar-refractivity contribution in [3.8, 4) is 5.75 Å². The maximum atomic E-state index is 12.6. The van der Waals surface area contributed by atoms with Crippen LogP contribution in [-0.2, 0) is 0 Å². The SMILES string of the molecule is COc1cccc2c(=O)c(C(=O)N3CCCCC3)c[nH]c12. The minimum atomic E-state index is -0.238. The third-order valence-corrected chi connectivity index (χ3v) is 3.97. The minimum Gasteiger partial charge on any atom is -0.495 e. The van der Waals surface area contributed by atoms with Crippen molar-refractivity contribution in [2.45, 2.75) is 19.3 Å². The van der Waals surface area contributed by atoms with Crippen LogP contribution in [0.4, 0.5) is 0 Å². The average molecular weight is 286 g/mol. The summed E-state index contributed by atoms with van der Waals surface area (Å²) in [6.45, 7) is 1.46. The molecule has 21 heavy (non-hydrogen) atoms. The molecule has 0 unspecified atom stereocenters. The maximum absolute atomic E-state index is 12.6. The Morgan fingerprint density at radius 2 is 2.00 bits per heavy atom. The maximum Gasteiger partial charge on any atom is 0.259 e. The van der Waals surface area contributed by atoms with E-state index in [2.05, 4.69) is 4.98 Å². The predicted octanol–water partition coefficient (Wildman–Crippen LogP) is 2.16. The van der Waals surface area contributed by atoms with Crippen molar-refractivity contribution in [1.29, 1.82) is 0 Å². The van der Waals surface area contributed by atoms with E-state index < -0.39 is 0 Å². The number of ether oxygens (including phenoxy) is 1. The van der Waals surface area contributed by atoms with Crippen LogP contribution in [0.2, 0.25) is 0 Å². The number of pyridine rings is 1. The van der Waals surface area contributed by atoms with Crippen molar-refractivity contribution in [3.05, 3.63) is 40.2 Å². The Balaban J connectivity index is 2.06. The number of benzene rings is 1. The number of nitrogens with one attached hydrogen (secondary N) is 1. The van der Waals surface area contributed by atoms with Gasteiger partial charge in [-0.2, -0.15) is 0 Å². The van der Waals surface area contributed by atoms with Crippen molar-refractivity contribution >= 4 is 16.8 Å². The molecule has 0 radical (unpaired) electrons. The number of carbonyl (C=O) groups excluding carboxylic acids is 1. The molecule has 1 aromatic heterocycles. The zero-order valence-corrected chi connectivity index (χ0v) is 12.0. The molecule has 1 aliphatic rings. The van der Waals surface area contributed by atoms with Gasteiger partial charge in [-0.1, -0.05) is 6.07 Å². The summed E-state index contributed by atoms with van der Waals surface area (Å²) in [6.07, 6.45) is 4.66. The lowest BCUT2D eigenvalue weighted by atomic mass is 10.1. The standard InChI is InChI=1S/C16H18N2O3/c1-21-13-7-5-6-11-14(13)17-10-12(15(11)19)16(20)18-8-3-2-4-9-18/h5-7,10H,2-4,8-9H2,1H3,(H,17,19). The monoisotopic (exact) mass is 286 g/mol. The summed E-state index contributed by atoms with van der Waals surface area (Å²) in [5, 5.41) is 0.484. The van der Waals surface area contributed by atoms with Gasteiger partial charge in [0.25, 0.3) is 5.91 Å². The summed E-state index contributed by atoms with van der Waals surface area (Å²) >= 11 is 0. The van der Waals surface area contributed by atoms with Crippen molar-refractivity contribution in [1.82, 2.24) is 9.88 Å². The molecule has 3 rings (SSSR count). The van der Waals surface area contributed by atoms with Gasteiger partial charge >= 0.3 is 0 Å². The van der Waals surface area contributed by atoms with Crippen LogP contribution < -0.4 is 10.2 Å². The number of fused-ring (bicyclic) bond motifs is 1. The highest BCUT2D eigenvalue weighted by atomic mass is 16.5. The van der Waals surface area contributed by atoms with Gasteiger partial charge in [-0.3, -0.25) is 9.59 Å². The Morgan fingerprint density at radius 1 is 1.24 bits per heavy atom. The number of aromatic amines is 1. The highest BCUT2D eigenvalue weighted by molar-refractivity contribution is 5.98. The third-order valence-electron chi connectivity index (χ3n) is 3.97. The summed E-state index contributed by atoms with van der Waals surface area (Å²) in [4.78, 5) is 29.8. The van der Waals surface area contributed by atoms with E-state index in [1.807, 2.05) is 0 Å². The first-order chi connectivity index (χ1) is 10.2. The summed E-state index contributed by atoms with van der Waals surface area (Å²) in [5.74, 6) is 0.419. The van der Waals surface area contributed by atoms with Gasteiger partial charge in [0.1, 0.15) is 11.3 Å². The van der Waals surface area contributed by atoms with E-state index in [1.54, 1.807) is 30.2 Å². The van der Waals surface area contributed by atoms with Gasteiger partial charge < -0.3 is 14.6 Å². The normalized spacial score (nSPS) is 15.2. The van der Waals surface area contributed by atoms with Gasteiger partial charge in [-0.05, 0) is 31.4 Å². The molecule has 2 aromatic rings. The van der Waals surface area contributed by atoms with Crippen LogP contribution in [0.5, 0.6) is 5.75 Å². The van der Waals surface area contributed by atoms with Crippen molar-refractivity contribution < 1.29 is 9.53 Å². The highest BCUT2D eigenvalue weighted by Crippen LogP contribution is 2.21. The Morgan fingerprint density at radius 3 is 2.71 bits per heavy atom. The number of hydrogen-bond donors (Lipinski definition) is 1. The number of carbonyl (C=O) groups is 1. The first-order valence-electron chi connectivity index (χ1n) is 7.20. The van der Waals surface area contributed by atoms with Crippen molar-refractivity contribution in [2.24, 2.45) is 0 Å². The lowest BCUT2D eigenvalue weighted by Gasteiger charge is -2.26. The second kappa shape index (κ2) is 5.60. The molecule has 5 nitrogen and oxygen atoms in total. The summed E-state index contributed by atoms with van der Waals surface area (Å²) in [5.41, 5.74) is 0.594. The van der Waals surface area contributed by atoms with Gasteiger partial charge in [0.15, 0.2) is 0 Å². The molecule has 2 heterocycles. The van der Waals surface area contributed by atoms with E-state index in [1.165, 1.54) is 6.20 Å². The molecule has 0 saturated carbocycles. The number of likely N-dealkylation sites (tertiary alicyclic amines) is 1. The van der Waals surface area contributed by atoms with Crippen LogP contribution in [0, 0.1) is 0 Å². The summed E-state index contributed by atoms with van der Waals surface area (Å²) in [6, 6.07) is 5.25. The van der Waals surface area contributed by atoms with Crippen LogP contribution in [-0.4, -0.2) is 36.0 Å². The number of aromatic nitrogens is 1. The van der Waals surface area contributed by atoms with E-state index in [9.17, 15) is 9.59 Å². The fourth-order valence-corrected chi connectivity index (χ4v) is 2.82. The molecule has 0 aliphatic carbocycles. The largest absolute Gasteiger partial charge is 0.495 e. The number of hydrogen-bond acceptors (Lipinski definition) is 3. The number of nitrogens with zero attached hydrogens (tertiary/aromatic N) is 1. The van der Waals surface area contributed by atoms with Gasteiger partial charge in [0.05, 0.1) is 18.0 Å². The van der Waals surface area contributed by atoms with Crippen molar-refractivity contribution in [2.75, 3.05) is 20.2 Å². The van der Waals surface area contributed by atoms with Crippen LogP contribution >= 0.6 is 0 Å². The van der Waals surface area contributed by atoms with Crippen molar-refractivity contribution in [3.63, 3.8) is 0 Å². The topological polar surface area (TPSA) is 62.4 Å². The first-order valence-corrected chi connectivity index (χ1v) is 7.20. The molecule has 1 aromatic carbocycles. The number of piperidine rings is 1. The van der Waals surface area contributed by atoms with Crippen LogP contribution in [0.25, 0.3) is 10.9 Å². The lowest BCUT2D eigenvalue weighted by Crippen LogP contribution is -2.38. The van der Waals surface area contributed by atoms with Gasteiger partial charge in [0, 0.05) is 19.3 Å². The van der Waals surface area contributed by atoms with Gasteiger partial charge in [-0.25, -0.2) is 0 Å². The van der Waals surface area contributed by atoms with Crippen LogP contribution in [0.3, 0.4) is 0 Å². The molecule has 0 spiro atoms. The molecular formula is C16H18N2O3. The number of para-hydroxylation sites is 1. The van der Waals surface area contributed by atoms with Gasteiger partial charge in [-0.15, -0.1) is 0 Å². The lowest BCUT2D eigenvalue weighted by molar-refractivity contribution is 0.0723. The van der Waals surface area contributed by atoms with E-state index in [0.717, 1.165) is 32.4 Å². The van der Waals surface area contributed by atoms with Crippen LogP contribution in [0.1, 0.15) is 29.6 Å². The fourth-order valence-electron chi connectivity index (χ4n) is 2.82. The molecule has 1 saturated heterocycles. The zero-order chi connectivity index (χ0) is 14.8. The Labute approximate surface area is 122 Å². The number of methoxy groups -OCH3 is 1. The molecule has 0 bridgehead atoms. The van der Waals surface area contributed by atoms with E-state index in [0.29, 0.717) is 16.7 Å². The fraction of sp³-hybridized carbons (Fsp3) is 0.375. The minimum absolute atomic E-state index is 0.180. The second-order valence-electron chi connectivity index (χ2n) is 5.27. The summed E-state index contributed by atoms with van der Waals surface area (Å²) < 4.78 is 5.23. The molecule has 1 fully saturated rings. The smallest absolute Gasteiger partial charge is 0.259 e. The zero-order valence-electron chi connectivity index (χ0n) is 12.0. The van der Waals surface area contributed by atoms with Gasteiger partial charge in [0.2, 0.25) is 5.43 Å². The average Bonchev–Trinajstić information content (AvgIpc) is 2.55. The molecule has 1 aliphatic heterocycles. The molecule has 1 amide bonds. The van der Waals surface area contributed by atoms with E-state index in [-0.39, 0.29) is 16.9 Å². The predicted molar refractivity (Wildman–Crippen MR) is 80.9 cm³/mol. The van der Waals surface area contributed by atoms with E-state index >= 15 is 0 Å². The highest BCUT2D eigenvalue weighted by Gasteiger charge is 2.21. The second-order valence-corrected chi connectivity index (χ2v) is 5.27. The molecule has 1 N–H and O–H groups in total. The molecule has 5 heteroatoms. The first kappa shape index (κ1) is 13.7. The number of H-pyrrole nitrogens is 1. The summed E-state index contributed by atoms with van der Waals surface area (Å²) in [7, 11) is 1.56. The Hall–Kier alpha value is -2.30. The number of rotatable bonds is 2. The molecule has 0 atom stereocenters. The quantitative estimate of drug-likeness (QED) is 0.920. The Kier molecular flexibility index (Phi) is 3.64. The Bertz CT molecular complexity index is 730. The third kappa shape index (κ3) is 2.39. The van der Waals surface area contributed by atoms with E-state index in [4.69, 9.17) is 4.74 Å².